The molecule has 1 aromatic carbocycles. The summed E-state index contributed by atoms with van der Waals surface area (Å²) in [7, 11) is 0. The molecule has 0 N–H and O–H groups in total. The van der Waals surface area contributed by atoms with Gasteiger partial charge in [-0.05, 0) is 25.5 Å². The molecular formula is C13H13NO4. The number of non-ortho nitro benzene ring substituents is 1. The Labute approximate surface area is 104 Å². The Morgan fingerprint density at radius 3 is 2.78 bits per heavy atom. The average molecular weight is 247 g/mol. The number of nitro groups is 1. The normalized spacial score (nSPS) is 26.2. The van der Waals surface area contributed by atoms with Crippen LogP contribution in [0.15, 0.2) is 30.3 Å². The van der Waals surface area contributed by atoms with E-state index in [1.807, 2.05) is 6.92 Å². The van der Waals surface area contributed by atoms with E-state index < -0.39 is 10.5 Å². The van der Waals surface area contributed by atoms with Crippen molar-refractivity contribution in [1.29, 1.82) is 0 Å². The molecule has 5 nitrogen and oxygen atoms in total. The molecule has 2 atom stereocenters. The number of epoxide rings is 1. The molecule has 0 saturated carbocycles. The van der Waals surface area contributed by atoms with Gasteiger partial charge in [-0.3, -0.25) is 14.9 Å². The number of nitrogens with zero attached hydrogens (tertiary/aromatic N) is 1. The van der Waals surface area contributed by atoms with Gasteiger partial charge in [-0.25, -0.2) is 0 Å². The van der Waals surface area contributed by atoms with Crippen LogP contribution in [-0.4, -0.2) is 22.4 Å². The molecule has 1 heterocycles. The lowest BCUT2D eigenvalue weighted by atomic mass is 10.0. The Bertz CT molecular complexity index is 538. The number of carbonyl (C=O) groups excluding carboxylic acids is 1. The van der Waals surface area contributed by atoms with Crippen LogP contribution in [0, 0.1) is 10.1 Å². The Morgan fingerprint density at radius 2 is 2.22 bits per heavy atom. The SMILES string of the molecule is CC1OC1(C)C(=O)/C=C/c1cccc([N+](=O)[O-])c1. The summed E-state index contributed by atoms with van der Waals surface area (Å²) in [6, 6.07) is 6.12. The fourth-order valence-corrected chi connectivity index (χ4v) is 1.67. The van der Waals surface area contributed by atoms with Crippen LogP contribution in [0.4, 0.5) is 5.69 Å². The van der Waals surface area contributed by atoms with Gasteiger partial charge in [-0.2, -0.15) is 0 Å². The monoisotopic (exact) mass is 247 g/mol. The molecule has 0 bridgehead atoms. The second kappa shape index (κ2) is 4.34. The van der Waals surface area contributed by atoms with Crippen molar-refractivity contribution < 1.29 is 14.5 Å². The van der Waals surface area contributed by atoms with E-state index in [-0.39, 0.29) is 17.6 Å². The number of hydrogen-bond donors (Lipinski definition) is 0. The summed E-state index contributed by atoms with van der Waals surface area (Å²) in [5, 5.41) is 10.6. The van der Waals surface area contributed by atoms with Gasteiger partial charge in [-0.1, -0.05) is 18.2 Å². The topological polar surface area (TPSA) is 72.7 Å². The fourth-order valence-electron chi connectivity index (χ4n) is 1.67. The third-order valence-electron chi connectivity index (χ3n) is 3.14. The molecule has 1 aromatic rings. The zero-order valence-corrected chi connectivity index (χ0v) is 10.1. The van der Waals surface area contributed by atoms with Crippen molar-refractivity contribution in [3.8, 4) is 0 Å². The van der Waals surface area contributed by atoms with E-state index in [1.165, 1.54) is 18.2 Å². The van der Waals surface area contributed by atoms with E-state index in [4.69, 9.17) is 4.74 Å². The molecule has 1 aliphatic heterocycles. The maximum atomic E-state index is 11.8. The van der Waals surface area contributed by atoms with E-state index in [1.54, 1.807) is 25.1 Å². The van der Waals surface area contributed by atoms with Crippen LogP contribution < -0.4 is 0 Å². The third kappa shape index (κ3) is 2.31. The van der Waals surface area contributed by atoms with Crippen LogP contribution in [0.5, 0.6) is 0 Å². The smallest absolute Gasteiger partial charge is 0.270 e. The number of carbonyl (C=O) groups is 1. The van der Waals surface area contributed by atoms with Crippen molar-refractivity contribution in [3.63, 3.8) is 0 Å². The Hall–Kier alpha value is -2.01. The van der Waals surface area contributed by atoms with Gasteiger partial charge in [0.1, 0.15) is 0 Å². The molecule has 2 unspecified atom stereocenters. The molecule has 1 saturated heterocycles. The molecule has 1 aliphatic rings. The highest BCUT2D eigenvalue weighted by Crippen LogP contribution is 2.36. The lowest BCUT2D eigenvalue weighted by molar-refractivity contribution is -0.384. The summed E-state index contributed by atoms with van der Waals surface area (Å²) in [5.74, 6) is -0.124. The minimum absolute atomic E-state index is 0.00634. The Balaban J connectivity index is 2.12. The van der Waals surface area contributed by atoms with Gasteiger partial charge < -0.3 is 4.74 Å². The molecule has 0 aromatic heterocycles. The minimum atomic E-state index is -0.725. The highest BCUT2D eigenvalue weighted by molar-refractivity contribution is 6.02. The maximum Gasteiger partial charge on any atom is 0.270 e. The summed E-state index contributed by atoms with van der Waals surface area (Å²) in [4.78, 5) is 21.9. The van der Waals surface area contributed by atoms with Crippen molar-refractivity contribution >= 4 is 17.5 Å². The first-order valence-corrected chi connectivity index (χ1v) is 5.58. The Kier molecular flexibility index (Phi) is 3.00. The number of benzene rings is 1. The summed E-state index contributed by atoms with van der Waals surface area (Å²) >= 11 is 0. The molecular weight excluding hydrogens is 234 g/mol. The van der Waals surface area contributed by atoms with Crippen molar-refractivity contribution in [2.45, 2.75) is 25.6 Å². The molecule has 0 spiro atoms. The average Bonchev–Trinajstić information content (AvgIpc) is 2.96. The van der Waals surface area contributed by atoms with Crippen LogP contribution in [0.2, 0.25) is 0 Å². The fraction of sp³-hybridized carbons (Fsp3) is 0.308. The Morgan fingerprint density at radius 1 is 1.56 bits per heavy atom. The summed E-state index contributed by atoms with van der Waals surface area (Å²) in [6.45, 7) is 3.57. The van der Waals surface area contributed by atoms with Gasteiger partial charge in [0.25, 0.3) is 5.69 Å². The van der Waals surface area contributed by atoms with E-state index in [0.29, 0.717) is 5.56 Å². The molecule has 1 fully saturated rings. The van der Waals surface area contributed by atoms with E-state index in [2.05, 4.69) is 0 Å². The first-order valence-electron chi connectivity index (χ1n) is 5.58. The maximum absolute atomic E-state index is 11.8. The van der Waals surface area contributed by atoms with Crippen LogP contribution in [-0.2, 0) is 9.53 Å². The molecule has 0 aliphatic carbocycles. The highest BCUT2D eigenvalue weighted by atomic mass is 16.6. The number of ketones is 1. The quantitative estimate of drug-likeness (QED) is 0.354. The predicted molar refractivity (Wildman–Crippen MR) is 66.1 cm³/mol. The molecule has 2 rings (SSSR count). The second-order valence-electron chi connectivity index (χ2n) is 4.42. The van der Waals surface area contributed by atoms with Gasteiger partial charge in [0.2, 0.25) is 0 Å². The lowest BCUT2D eigenvalue weighted by Crippen LogP contribution is -2.20. The van der Waals surface area contributed by atoms with Gasteiger partial charge in [0.05, 0.1) is 11.0 Å². The zero-order chi connectivity index (χ0) is 13.3. The highest BCUT2D eigenvalue weighted by Gasteiger charge is 2.54. The lowest BCUT2D eigenvalue weighted by Gasteiger charge is -1.99. The van der Waals surface area contributed by atoms with Crippen molar-refractivity contribution in [2.24, 2.45) is 0 Å². The van der Waals surface area contributed by atoms with Crippen LogP contribution >= 0.6 is 0 Å². The van der Waals surface area contributed by atoms with Gasteiger partial charge in [0.15, 0.2) is 11.4 Å². The number of rotatable bonds is 4. The first kappa shape index (κ1) is 12.4. The number of hydrogen-bond acceptors (Lipinski definition) is 4. The number of nitro benzene ring substituents is 1. The summed E-state index contributed by atoms with van der Waals surface area (Å²) < 4.78 is 5.21. The van der Waals surface area contributed by atoms with Crippen molar-refractivity contribution in [2.75, 3.05) is 0 Å². The predicted octanol–water partition coefficient (Wildman–Crippen LogP) is 2.35. The van der Waals surface area contributed by atoms with Crippen LogP contribution in [0.25, 0.3) is 6.08 Å². The molecule has 94 valence electrons. The summed E-state index contributed by atoms with van der Waals surface area (Å²) in [5.41, 5.74) is -0.0988. The third-order valence-corrected chi connectivity index (χ3v) is 3.14. The van der Waals surface area contributed by atoms with E-state index in [0.717, 1.165) is 0 Å². The van der Waals surface area contributed by atoms with Gasteiger partial charge in [-0.15, -0.1) is 0 Å². The van der Waals surface area contributed by atoms with Gasteiger partial charge in [0, 0.05) is 12.1 Å². The van der Waals surface area contributed by atoms with E-state index >= 15 is 0 Å². The minimum Gasteiger partial charge on any atom is -0.358 e. The molecule has 0 radical (unpaired) electrons. The van der Waals surface area contributed by atoms with Crippen molar-refractivity contribution in [3.05, 3.63) is 46.0 Å². The molecule has 18 heavy (non-hydrogen) atoms. The van der Waals surface area contributed by atoms with Crippen LogP contribution in [0.1, 0.15) is 19.4 Å². The largest absolute Gasteiger partial charge is 0.358 e. The standard InChI is InChI=1S/C13H13NO4/c1-9-13(2,18-9)12(15)7-6-10-4-3-5-11(8-10)14(16)17/h3-9H,1-2H3/b7-6+. The van der Waals surface area contributed by atoms with Gasteiger partial charge >= 0.3 is 0 Å². The van der Waals surface area contributed by atoms with Crippen molar-refractivity contribution in [1.82, 2.24) is 0 Å². The summed E-state index contributed by atoms with van der Waals surface area (Å²) in [6.07, 6.45) is 2.90. The zero-order valence-electron chi connectivity index (χ0n) is 10.1. The first-order chi connectivity index (χ1) is 8.43. The van der Waals surface area contributed by atoms with Crippen LogP contribution in [0.3, 0.4) is 0 Å². The second-order valence-corrected chi connectivity index (χ2v) is 4.42. The number of ether oxygens (including phenoxy) is 1. The van der Waals surface area contributed by atoms with E-state index in [9.17, 15) is 14.9 Å². The molecule has 5 heteroatoms. The molecule has 0 amide bonds.